The second-order valence-corrected chi connectivity index (χ2v) is 8.13. The molecule has 0 radical (unpaired) electrons. The summed E-state index contributed by atoms with van der Waals surface area (Å²) in [6.45, 7) is 0.120. The van der Waals surface area contributed by atoms with Crippen LogP contribution in [0.5, 0.6) is 17.2 Å². The van der Waals surface area contributed by atoms with E-state index in [4.69, 9.17) is 14.2 Å². The van der Waals surface area contributed by atoms with Gasteiger partial charge in [0, 0.05) is 7.11 Å². The van der Waals surface area contributed by atoms with Crippen LogP contribution in [0.15, 0.2) is 60.7 Å². The molecular formula is C25H22F3NO4. The second kappa shape index (κ2) is 7.72. The maximum atomic E-state index is 13.6. The summed E-state index contributed by atoms with van der Waals surface area (Å²) in [6.07, 6.45) is -3.37. The Labute approximate surface area is 189 Å². The van der Waals surface area contributed by atoms with E-state index >= 15 is 0 Å². The second-order valence-electron chi connectivity index (χ2n) is 8.13. The summed E-state index contributed by atoms with van der Waals surface area (Å²) in [5, 5.41) is 2.72. The van der Waals surface area contributed by atoms with E-state index in [9.17, 15) is 18.0 Å². The van der Waals surface area contributed by atoms with Gasteiger partial charge in [0.2, 0.25) is 12.7 Å². The fourth-order valence-electron chi connectivity index (χ4n) is 4.05. The van der Waals surface area contributed by atoms with E-state index in [1.165, 1.54) is 13.2 Å². The van der Waals surface area contributed by atoms with E-state index in [1.807, 2.05) is 0 Å². The predicted molar refractivity (Wildman–Crippen MR) is 118 cm³/mol. The van der Waals surface area contributed by atoms with Crippen LogP contribution in [0.2, 0.25) is 0 Å². The largest absolute Gasteiger partial charge is 0.497 e. The minimum Gasteiger partial charge on any atom is -0.497 e. The zero-order chi connectivity index (χ0) is 23.2. The number of carbonyl (C=O) groups excluding carboxylic acids is 1. The van der Waals surface area contributed by atoms with Crippen molar-refractivity contribution < 1.29 is 33.6 Å². The molecule has 0 atom stereocenters. The van der Waals surface area contributed by atoms with Crippen LogP contribution in [0, 0.1) is 0 Å². The molecule has 1 aliphatic carbocycles. The van der Waals surface area contributed by atoms with Crippen molar-refractivity contribution in [2.24, 2.45) is 0 Å². The minimum absolute atomic E-state index is 0. The smallest absolute Gasteiger partial charge is 0.416 e. The SMILES string of the molecule is COc1cccc(-c2cc(NC(=O)C3(c4ccc5c(c4)OCO5)CC3)cc(C(F)(F)F)c2)c1.[HH]. The van der Waals surface area contributed by atoms with E-state index in [1.54, 1.807) is 42.5 Å². The Bertz CT molecular complexity index is 1240. The molecule has 5 nitrogen and oxygen atoms in total. The number of carbonyl (C=O) groups is 1. The first-order valence-corrected chi connectivity index (χ1v) is 10.4. The summed E-state index contributed by atoms with van der Waals surface area (Å²) in [6, 6.07) is 15.6. The third-order valence-electron chi connectivity index (χ3n) is 6.03. The van der Waals surface area contributed by atoms with Gasteiger partial charge in [-0.2, -0.15) is 13.2 Å². The molecule has 2 aliphatic rings. The number of anilines is 1. The van der Waals surface area contributed by atoms with Crippen LogP contribution in [-0.2, 0) is 16.4 Å². The van der Waals surface area contributed by atoms with Crippen LogP contribution in [0.4, 0.5) is 18.9 Å². The molecule has 0 bridgehead atoms. The molecule has 0 unspecified atom stereocenters. The molecule has 1 saturated carbocycles. The molecular weight excluding hydrogens is 435 g/mol. The summed E-state index contributed by atoms with van der Waals surface area (Å²) in [4.78, 5) is 13.2. The van der Waals surface area contributed by atoms with Crippen molar-refractivity contribution in [2.75, 3.05) is 19.2 Å². The lowest BCUT2D eigenvalue weighted by molar-refractivity contribution is -0.137. The molecule has 172 valence electrons. The van der Waals surface area contributed by atoms with Crippen LogP contribution < -0.4 is 19.5 Å². The topological polar surface area (TPSA) is 56.8 Å². The Balaban J connectivity index is 0.00000274. The van der Waals surface area contributed by atoms with Crippen molar-refractivity contribution in [3.8, 4) is 28.4 Å². The lowest BCUT2D eigenvalue weighted by Crippen LogP contribution is -2.28. The number of methoxy groups -OCH3 is 1. The standard InChI is InChI=1S/C25H20F3NO4.H2/c1-31-20-4-2-3-15(11-20)16-9-18(25(26,27)28)12-19(10-16)29-23(30)24(7-8-24)17-5-6-21-22(13-17)33-14-32-21;/h2-6,9-13H,7-8,14H2,1H3,(H,29,30);1H. The normalized spacial score (nSPS) is 15.8. The number of benzene rings is 3. The summed E-state index contributed by atoms with van der Waals surface area (Å²) in [7, 11) is 1.49. The predicted octanol–water partition coefficient (Wildman–Crippen LogP) is 6.03. The van der Waals surface area contributed by atoms with Gasteiger partial charge in [0.15, 0.2) is 11.5 Å². The molecule has 1 N–H and O–H groups in total. The van der Waals surface area contributed by atoms with Crippen LogP contribution in [0.25, 0.3) is 11.1 Å². The maximum absolute atomic E-state index is 13.6. The third-order valence-corrected chi connectivity index (χ3v) is 6.03. The summed E-state index contributed by atoms with van der Waals surface area (Å²) < 4.78 is 56.8. The first kappa shape index (κ1) is 21.2. The molecule has 8 heteroatoms. The molecule has 0 saturated heterocycles. The highest BCUT2D eigenvalue weighted by Crippen LogP contribution is 2.51. The molecule has 1 heterocycles. The van der Waals surface area contributed by atoms with Gasteiger partial charge in [0.25, 0.3) is 0 Å². The molecule has 1 aliphatic heterocycles. The van der Waals surface area contributed by atoms with E-state index in [0.29, 0.717) is 41.2 Å². The number of ether oxygens (including phenoxy) is 3. The molecule has 3 aromatic carbocycles. The highest BCUT2D eigenvalue weighted by molar-refractivity contribution is 6.02. The Kier molecular flexibility index (Phi) is 4.96. The van der Waals surface area contributed by atoms with Crippen molar-refractivity contribution >= 4 is 11.6 Å². The summed E-state index contributed by atoms with van der Waals surface area (Å²) in [5.74, 6) is 1.34. The van der Waals surface area contributed by atoms with Gasteiger partial charge in [0.05, 0.1) is 18.1 Å². The average Bonchev–Trinajstić information content (AvgIpc) is 3.49. The van der Waals surface area contributed by atoms with Crippen LogP contribution in [0.1, 0.15) is 25.4 Å². The average molecular weight is 457 g/mol. The Hall–Kier alpha value is -3.68. The number of halogens is 3. The van der Waals surface area contributed by atoms with E-state index < -0.39 is 17.2 Å². The fraction of sp³-hybridized carbons (Fsp3) is 0.240. The number of rotatable bonds is 5. The van der Waals surface area contributed by atoms with Gasteiger partial charge >= 0.3 is 6.18 Å². The first-order chi connectivity index (χ1) is 15.8. The van der Waals surface area contributed by atoms with Gasteiger partial charge in [-0.1, -0.05) is 18.2 Å². The highest BCUT2D eigenvalue weighted by Gasteiger charge is 2.51. The van der Waals surface area contributed by atoms with Gasteiger partial charge in [-0.3, -0.25) is 4.79 Å². The van der Waals surface area contributed by atoms with Crippen molar-refractivity contribution in [1.82, 2.24) is 0 Å². The van der Waals surface area contributed by atoms with Gasteiger partial charge in [-0.05, 0) is 72.0 Å². The van der Waals surface area contributed by atoms with Crippen LogP contribution >= 0.6 is 0 Å². The monoisotopic (exact) mass is 457 g/mol. The van der Waals surface area contributed by atoms with Gasteiger partial charge in [-0.25, -0.2) is 0 Å². The third kappa shape index (κ3) is 3.97. The minimum atomic E-state index is -4.57. The van der Waals surface area contributed by atoms with Crippen molar-refractivity contribution in [1.29, 1.82) is 0 Å². The number of amides is 1. The summed E-state index contributed by atoms with van der Waals surface area (Å²) >= 11 is 0. The van der Waals surface area contributed by atoms with Gasteiger partial charge < -0.3 is 19.5 Å². The summed E-state index contributed by atoms with van der Waals surface area (Å²) in [5.41, 5.74) is 0.0699. The molecule has 3 aromatic rings. The molecule has 5 rings (SSSR count). The molecule has 33 heavy (non-hydrogen) atoms. The molecule has 1 amide bonds. The van der Waals surface area contributed by atoms with Gasteiger partial charge in [0.1, 0.15) is 5.75 Å². The number of hydrogen-bond donors (Lipinski definition) is 1. The van der Waals surface area contributed by atoms with Crippen molar-refractivity contribution in [3.05, 3.63) is 71.8 Å². The quantitative estimate of drug-likeness (QED) is 0.509. The Morgan fingerprint density at radius 3 is 2.52 bits per heavy atom. The maximum Gasteiger partial charge on any atom is 0.416 e. The number of nitrogens with one attached hydrogen (secondary N) is 1. The fourth-order valence-corrected chi connectivity index (χ4v) is 4.05. The lowest BCUT2D eigenvalue weighted by atomic mass is 9.94. The number of hydrogen-bond acceptors (Lipinski definition) is 4. The van der Waals surface area contributed by atoms with Gasteiger partial charge in [-0.15, -0.1) is 0 Å². The molecule has 1 fully saturated rings. The van der Waals surface area contributed by atoms with E-state index in [2.05, 4.69) is 5.32 Å². The lowest BCUT2D eigenvalue weighted by Gasteiger charge is -2.18. The van der Waals surface area contributed by atoms with E-state index in [-0.39, 0.29) is 19.8 Å². The number of fused-ring (bicyclic) bond motifs is 1. The zero-order valence-electron chi connectivity index (χ0n) is 17.7. The van der Waals surface area contributed by atoms with Crippen molar-refractivity contribution in [2.45, 2.75) is 24.4 Å². The Morgan fingerprint density at radius 1 is 1.00 bits per heavy atom. The van der Waals surface area contributed by atoms with Crippen LogP contribution in [-0.4, -0.2) is 19.8 Å². The molecule has 0 spiro atoms. The number of alkyl halides is 3. The molecule has 0 aromatic heterocycles. The Morgan fingerprint density at radius 2 is 1.79 bits per heavy atom. The first-order valence-electron chi connectivity index (χ1n) is 10.4. The van der Waals surface area contributed by atoms with Crippen LogP contribution in [0.3, 0.4) is 0 Å². The van der Waals surface area contributed by atoms with E-state index in [0.717, 1.165) is 17.7 Å². The highest BCUT2D eigenvalue weighted by atomic mass is 19.4. The van der Waals surface area contributed by atoms with Crippen molar-refractivity contribution in [3.63, 3.8) is 0 Å². The zero-order valence-corrected chi connectivity index (χ0v) is 17.7.